The molecule has 0 aliphatic rings. The first-order chi connectivity index (χ1) is 7.65. The zero-order chi connectivity index (χ0) is 12.0. The molecule has 90 valence electrons. The zero-order valence-electron chi connectivity index (χ0n) is 9.68. The third-order valence-electron chi connectivity index (χ3n) is 2.20. The standard InChI is InChI=1S/C11H19N3O2/c1-3-16-10-5-4-6-13-11(10)14-7-9(12)8(2)15/h4-6,8-9,15H,3,7,12H2,1-2H3,(H,13,14). The van der Waals surface area contributed by atoms with E-state index in [9.17, 15) is 5.11 Å². The summed E-state index contributed by atoms with van der Waals surface area (Å²) in [5, 5.41) is 12.3. The summed E-state index contributed by atoms with van der Waals surface area (Å²) in [5.41, 5.74) is 5.71. The highest BCUT2D eigenvalue weighted by Crippen LogP contribution is 2.20. The quantitative estimate of drug-likeness (QED) is 0.660. The van der Waals surface area contributed by atoms with Gasteiger partial charge in [-0.1, -0.05) is 0 Å². The van der Waals surface area contributed by atoms with E-state index in [1.807, 2.05) is 19.1 Å². The first kappa shape index (κ1) is 12.7. The molecule has 0 aliphatic heterocycles. The molecule has 0 radical (unpaired) electrons. The topological polar surface area (TPSA) is 80.4 Å². The van der Waals surface area contributed by atoms with Crippen LogP contribution in [0.1, 0.15) is 13.8 Å². The van der Waals surface area contributed by atoms with Crippen molar-refractivity contribution in [2.24, 2.45) is 5.73 Å². The van der Waals surface area contributed by atoms with Gasteiger partial charge >= 0.3 is 0 Å². The Morgan fingerprint density at radius 1 is 1.62 bits per heavy atom. The van der Waals surface area contributed by atoms with Crippen LogP contribution in [0.4, 0.5) is 5.82 Å². The number of aliphatic hydroxyl groups excluding tert-OH is 1. The molecule has 0 spiro atoms. The molecule has 16 heavy (non-hydrogen) atoms. The van der Waals surface area contributed by atoms with E-state index in [-0.39, 0.29) is 6.04 Å². The molecule has 1 aromatic heterocycles. The second kappa shape index (κ2) is 6.30. The predicted octanol–water partition coefficient (Wildman–Crippen LogP) is 0.600. The Morgan fingerprint density at radius 2 is 2.38 bits per heavy atom. The van der Waals surface area contributed by atoms with Gasteiger partial charge in [-0.25, -0.2) is 4.98 Å². The van der Waals surface area contributed by atoms with Gasteiger partial charge in [0.1, 0.15) is 0 Å². The molecule has 0 saturated carbocycles. The lowest BCUT2D eigenvalue weighted by molar-refractivity contribution is 0.168. The average Bonchev–Trinajstić information content (AvgIpc) is 2.27. The predicted molar refractivity (Wildman–Crippen MR) is 63.6 cm³/mol. The lowest BCUT2D eigenvalue weighted by Crippen LogP contribution is -2.38. The lowest BCUT2D eigenvalue weighted by atomic mass is 10.2. The number of rotatable bonds is 6. The number of pyridine rings is 1. The number of nitrogens with zero attached hydrogens (tertiary/aromatic N) is 1. The molecule has 4 N–H and O–H groups in total. The first-order valence-electron chi connectivity index (χ1n) is 5.40. The van der Waals surface area contributed by atoms with E-state index in [4.69, 9.17) is 10.5 Å². The molecule has 0 saturated heterocycles. The molecule has 0 aliphatic carbocycles. The monoisotopic (exact) mass is 225 g/mol. The van der Waals surface area contributed by atoms with Crippen molar-refractivity contribution in [2.45, 2.75) is 26.0 Å². The molecule has 0 aromatic carbocycles. The molecule has 1 heterocycles. The van der Waals surface area contributed by atoms with Crippen LogP contribution in [0.25, 0.3) is 0 Å². The van der Waals surface area contributed by atoms with E-state index in [0.717, 1.165) is 0 Å². The Labute approximate surface area is 95.6 Å². The Bertz CT molecular complexity index is 318. The van der Waals surface area contributed by atoms with Crippen molar-refractivity contribution >= 4 is 5.82 Å². The number of hydrogen-bond acceptors (Lipinski definition) is 5. The Kier molecular flexibility index (Phi) is 5.01. The molecule has 1 rings (SSSR count). The highest BCUT2D eigenvalue weighted by atomic mass is 16.5. The number of aliphatic hydroxyl groups is 1. The largest absolute Gasteiger partial charge is 0.490 e. The highest BCUT2D eigenvalue weighted by Gasteiger charge is 2.10. The minimum atomic E-state index is -0.549. The number of ether oxygens (including phenoxy) is 1. The van der Waals surface area contributed by atoms with Gasteiger partial charge in [0.05, 0.1) is 12.7 Å². The van der Waals surface area contributed by atoms with E-state index < -0.39 is 6.10 Å². The maximum atomic E-state index is 9.25. The summed E-state index contributed by atoms with van der Waals surface area (Å²) < 4.78 is 5.40. The second-order valence-corrected chi connectivity index (χ2v) is 3.57. The normalized spacial score (nSPS) is 14.2. The van der Waals surface area contributed by atoms with Gasteiger partial charge in [0, 0.05) is 18.8 Å². The van der Waals surface area contributed by atoms with E-state index >= 15 is 0 Å². The van der Waals surface area contributed by atoms with Crippen molar-refractivity contribution in [1.29, 1.82) is 0 Å². The lowest BCUT2D eigenvalue weighted by Gasteiger charge is -2.17. The Balaban J connectivity index is 2.58. The van der Waals surface area contributed by atoms with Gasteiger partial charge in [0.2, 0.25) is 0 Å². The SMILES string of the molecule is CCOc1cccnc1NCC(N)C(C)O. The van der Waals surface area contributed by atoms with Gasteiger partial charge in [0.25, 0.3) is 0 Å². The van der Waals surface area contributed by atoms with Crippen molar-refractivity contribution in [2.75, 3.05) is 18.5 Å². The molecular formula is C11H19N3O2. The Hall–Kier alpha value is -1.33. The minimum Gasteiger partial charge on any atom is -0.490 e. The fraction of sp³-hybridized carbons (Fsp3) is 0.545. The summed E-state index contributed by atoms with van der Waals surface area (Å²) in [5.74, 6) is 1.35. The van der Waals surface area contributed by atoms with Crippen LogP contribution >= 0.6 is 0 Å². The van der Waals surface area contributed by atoms with Gasteiger partial charge in [-0.2, -0.15) is 0 Å². The molecule has 1 aromatic rings. The summed E-state index contributed by atoms with van der Waals surface area (Å²) in [6, 6.07) is 3.33. The van der Waals surface area contributed by atoms with Crippen molar-refractivity contribution in [1.82, 2.24) is 4.98 Å². The molecule has 0 bridgehead atoms. The van der Waals surface area contributed by atoms with Gasteiger partial charge in [0.15, 0.2) is 11.6 Å². The van der Waals surface area contributed by atoms with Crippen molar-refractivity contribution in [3.63, 3.8) is 0 Å². The molecule has 0 amide bonds. The average molecular weight is 225 g/mol. The molecule has 5 nitrogen and oxygen atoms in total. The number of hydrogen-bond donors (Lipinski definition) is 3. The van der Waals surface area contributed by atoms with Crippen LogP contribution in [0.2, 0.25) is 0 Å². The maximum Gasteiger partial charge on any atom is 0.168 e. The van der Waals surface area contributed by atoms with Crippen LogP contribution in [0, 0.1) is 0 Å². The van der Waals surface area contributed by atoms with E-state index in [1.165, 1.54) is 0 Å². The number of nitrogens with two attached hydrogens (primary N) is 1. The summed E-state index contributed by atoms with van der Waals surface area (Å²) >= 11 is 0. The van der Waals surface area contributed by atoms with Crippen LogP contribution in [0.5, 0.6) is 5.75 Å². The number of nitrogens with one attached hydrogen (secondary N) is 1. The van der Waals surface area contributed by atoms with Gasteiger partial charge in [-0.05, 0) is 26.0 Å². The Morgan fingerprint density at radius 3 is 3.00 bits per heavy atom. The highest BCUT2D eigenvalue weighted by molar-refractivity contribution is 5.49. The van der Waals surface area contributed by atoms with Crippen LogP contribution < -0.4 is 15.8 Å². The van der Waals surface area contributed by atoms with Crippen LogP contribution in [-0.4, -0.2) is 35.4 Å². The van der Waals surface area contributed by atoms with E-state index in [0.29, 0.717) is 24.7 Å². The fourth-order valence-electron chi connectivity index (χ4n) is 1.18. The van der Waals surface area contributed by atoms with Crippen molar-refractivity contribution in [3.05, 3.63) is 18.3 Å². The summed E-state index contributed by atoms with van der Waals surface area (Å²) in [7, 11) is 0. The minimum absolute atomic E-state index is 0.323. The first-order valence-corrected chi connectivity index (χ1v) is 5.40. The maximum absolute atomic E-state index is 9.25. The third-order valence-corrected chi connectivity index (χ3v) is 2.20. The van der Waals surface area contributed by atoms with Gasteiger partial charge in [-0.15, -0.1) is 0 Å². The smallest absolute Gasteiger partial charge is 0.168 e. The molecule has 2 atom stereocenters. The molecule has 2 unspecified atom stereocenters. The fourth-order valence-corrected chi connectivity index (χ4v) is 1.18. The van der Waals surface area contributed by atoms with Crippen LogP contribution in [-0.2, 0) is 0 Å². The number of aromatic nitrogens is 1. The summed E-state index contributed by atoms with van der Waals surface area (Å²) in [6.45, 7) is 4.62. The van der Waals surface area contributed by atoms with Crippen LogP contribution in [0.3, 0.4) is 0 Å². The van der Waals surface area contributed by atoms with E-state index in [2.05, 4.69) is 10.3 Å². The second-order valence-electron chi connectivity index (χ2n) is 3.57. The van der Waals surface area contributed by atoms with Crippen molar-refractivity contribution < 1.29 is 9.84 Å². The van der Waals surface area contributed by atoms with Crippen molar-refractivity contribution in [3.8, 4) is 5.75 Å². The van der Waals surface area contributed by atoms with Crippen LogP contribution in [0.15, 0.2) is 18.3 Å². The zero-order valence-corrected chi connectivity index (χ0v) is 9.68. The summed E-state index contributed by atoms with van der Waals surface area (Å²) in [6.07, 6.45) is 1.13. The summed E-state index contributed by atoms with van der Waals surface area (Å²) in [4.78, 5) is 4.16. The molecular weight excluding hydrogens is 206 g/mol. The molecule has 0 fully saturated rings. The van der Waals surface area contributed by atoms with E-state index in [1.54, 1.807) is 13.1 Å². The van der Waals surface area contributed by atoms with Gasteiger partial charge < -0.3 is 20.9 Å². The molecule has 5 heteroatoms. The number of anilines is 1. The van der Waals surface area contributed by atoms with Gasteiger partial charge in [-0.3, -0.25) is 0 Å². The third kappa shape index (κ3) is 3.67.